The van der Waals surface area contributed by atoms with E-state index in [9.17, 15) is 4.79 Å². The van der Waals surface area contributed by atoms with Crippen LogP contribution in [0, 0.1) is 6.92 Å². The van der Waals surface area contributed by atoms with Crippen molar-refractivity contribution >= 4 is 23.0 Å². The molecule has 0 heterocycles. The largest absolute Gasteiger partial charge is 0.478 e. The number of carbonyl (C=O) groups is 1. The smallest absolute Gasteiger partial charge is 0.335 e. The van der Waals surface area contributed by atoms with Gasteiger partial charge >= 0.3 is 5.97 Å². The minimum absolute atomic E-state index is 0.236. The van der Waals surface area contributed by atoms with Crippen molar-refractivity contribution in [1.29, 1.82) is 0 Å². The van der Waals surface area contributed by atoms with E-state index in [0.717, 1.165) is 16.9 Å². The van der Waals surface area contributed by atoms with E-state index >= 15 is 0 Å². The lowest BCUT2D eigenvalue weighted by Gasteiger charge is -2.25. The monoisotopic (exact) mass is 270 g/mol. The Hall–Kier alpha value is -2.49. The quantitative estimate of drug-likeness (QED) is 0.835. The number of carboxylic acids is 1. The summed E-state index contributed by atoms with van der Waals surface area (Å²) in [5.41, 5.74) is 9.68. The summed E-state index contributed by atoms with van der Waals surface area (Å²) in [4.78, 5) is 13.1. The minimum atomic E-state index is -0.952. The molecule has 4 heteroatoms. The summed E-state index contributed by atoms with van der Waals surface area (Å²) in [6.07, 6.45) is 0. The Kier molecular flexibility index (Phi) is 3.94. The number of nitrogens with two attached hydrogens (primary N) is 1. The summed E-state index contributed by atoms with van der Waals surface area (Å²) in [7, 11) is 0. The van der Waals surface area contributed by atoms with Crippen LogP contribution in [0.4, 0.5) is 17.1 Å². The molecule has 2 rings (SSSR count). The summed E-state index contributed by atoms with van der Waals surface area (Å²) in [5.74, 6) is -0.952. The van der Waals surface area contributed by atoms with Crippen LogP contribution >= 0.6 is 0 Å². The van der Waals surface area contributed by atoms with Crippen molar-refractivity contribution in [2.24, 2.45) is 0 Å². The number of nitrogen functional groups attached to an aromatic ring is 1. The maximum Gasteiger partial charge on any atom is 0.335 e. The van der Waals surface area contributed by atoms with E-state index < -0.39 is 5.97 Å². The van der Waals surface area contributed by atoms with Gasteiger partial charge < -0.3 is 15.7 Å². The molecule has 3 N–H and O–H groups in total. The highest BCUT2D eigenvalue weighted by atomic mass is 16.4. The number of benzene rings is 2. The molecule has 0 spiro atoms. The molecule has 0 atom stereocenters. The SMILES string of the molecule is CCN(c1cccc(C)c1)c1cc(C(=O)O)ccc1N. The number of hydrogen-bond donors (Lipinski definition) is 2. The van der Waals surface area contributed by atoms with Crippen LogP contribution in [0.15, 0.2) is 42.5 Å². The number of rotatable bonds is 4. The Balaban J connectivity index is 2.51. The number of carboxylic acid groups (broad SMARTS) is 1. The molecule has 0 aliphatic rings. The number of aryl methyl sites for hydroxylation is 1. The number of nitrogens with zero attached hydrogens (tertiary/aromatic N) is 1. The Bertz CT molecular complexity index is 638. The Morgan fingerprint density at radius 3 is 2.60 bits per heavy atom. The van der Waals surface area contributed by atoms with Gasteiger partial charge in [0.05, 0.1) is 16.9 Å². The first kappa shape index (κ1) is 13.9. The first-order valence-corrected chi connectivity index (χ1v) is 6.50. The van der Waals surface area contributed by atoms with Gasteiger partial charge in [-0.25, -0.2) is 4.79 Å². The van der Waals surface area contributed by atoms with Gasteiger partial charge in [0.2, 0.25) is 0 Å². The van der Waals surface area contributed by atoms with Crippen molar-refractivity contribution in [1.82, 2.24) is 0 Å². The molecule has 0 aliphatic heterocycles. The van der Waals surface area contributed by atoms with E-state index in [1.165, 1.54) is 6.07 Å². The van der Waals surface area contributed by atoms with Gasteiger partial charge in [-0.3, -0.25) is 0 Å². The van der Waals surface area contributed by atoms with Crippen LogP contribution in [0.5, 0.6) is 0 Å². The first-order valence-electron chi connectivity index (χ1n) is 6.50. The van der Waals surface area contributed by atoms with Crippen LogP contribution in [0.1, 0.15) is 22.8 Å². The van der Waals surface area contributed by atoms with Crippen molar-refractivity contribution in [2.75, 3.05) is 17.2 Å². The van der Waals surface area contributed by atoms with Crippen molar-refractivity contribution in [3.8, 4) is 0 Å². The number of anilines is 3. The lowest BCUT2D eigenvalue weighted by atomic mass is 10.1. The van der Waals surface area contributed by atoms with Crippen LogP contribution in [0.3, 0.4) is 0 Å². The fourth-order valence-electron chi connectivity index (χ4n) is 2.20. The van der Waals surface area contributed by atoms with E-state index in [0.29, 0.717) is 12.2 Å². The summed E-state index contributed by atoms with van der Waals surface area (Å²) in [6, 6.07) is 12.8. The molecule has 0 saturated heterocycles. The van der Waals surface area contributed by atoms with Gasteiger partial charge in [-0.1, -0.05) is 12.1 Å². The van der Waals surface area contributed by atoms with Gasteiger partial charge in [0.15, 0.2) is 0 Å². The topological polar surface area (TPSA) is 66.6 Å². The van der Waals surface area contributed by atoms with Crippen molar-refractivity contribution in [2.45, 2.75) is 13.8 Å². The number of hydrogen-bond acceptors (Lipinski definition) is 3. The summed E-state index contributed by atoms with van der Waals surface area (Å²) in [5, 5.41) is 9.11. The van der Waals surface area contributed by atoms with Gasteiger partial charge in [0.1, 0.15) is 0 Å². The average molecular weight is 270 g/mol. The third kappa shape index (κ3) is 2.74. The van der Waals surface area contributed by atoms with E-state index in [-0.39, 0.29) is 5.56 Å². The van der Waals surface area contributed by atoms with Crippen molar-refractivity contribution < 1.29 is 9.90 Å². The van der Waals surface area contributed by atoms with E-state index in [1.54, 1.807) is 12.1 Å². The second-order valence-corrected chi connectivity index (χ2v) is 4.66. The van der Waals surface area contributed by atoms with Crippen LogP contribution in [0.2, 0.25) is 0 Å². The molecule has 0 radical (unpaired) electrons. The van der Waals surface area contributed by atoms with E-state index in [1.807, 2.05) is 36.9 Å². The molecule has 2 aromatic carbocycles. The van der Waals surface area contributed by atoms with Crippen LogP contribution in [-0.2, 0) is 0 Å². The molecule has 0 aromatic heterocycles. The van der Waals surface area contributed by atoms with Gasteiger partial charge in [-0.05, 0) is 49.7 Å². The summed E-state index contributed by atoms with van der Waals surface area (Å²) >= 11 is 0. The van der Waals surface area contributed by atoms with Gasteiger partial charge in [0.25, 0.3) is 0 Å². The van der Waals surface area contributed by atoms with Gasteiger partial charge in [0, 0.05) is 12.2 Å². The van der Waals surface area contributed by atoms with Crippen LogP contribution in [0.25, 0.3) is 0 Å². The molecule has 2 aromatic rings. The Morgan fingerprint density at radius 1 is 1.25 bits per heavy atom. The highest BCUT2D eigenvalue weighted by Gasteiger charge is 2.13. The average Bonchev–Trinajstić information content (AvgIpc) is 2.41. The van der Waals surface area contributed by atoms with Crippen molar-refractivity contribution in [3.05, 3.63) is 53.6 Å². The predicted molar refractivity (Wildman–Crippen MR) is 81.7 cm³/mol. The van der Waals surface area contributed by atoms with Crippen LogP contribution in [-0.4, -0.2) is 17.6 Å². The molecule has 4 nitrogen and oxygen atoms in total. The molecule has 0 fully saturated rings. The summed E-state index contributed by atoms with van der Waals surface area (Å²) < 4.78 is 0. The molecule has 0 unspecified atom stereocenters. The van der Waals surface area contributed by atoms with E-state index in [4.69, 9.17) is 10.8 Å². The zero-order valence-electron chi connectivity index (χ0n) is 11.6. The fourth-order valence-corrected chi connectivity index (χ4v) is 2.20. The molecule has 0 aliphatic carbocycles. The molecular formula is C16H18N2O2. The number of aromatic carboxylic acids is 1. The minimum Gasteiger partial charge on any atom is -0.478 e. The standard InChI is InChI=1S/C16H18N2O2/c1-3-18(13-6-4-5-11(2)9-13)15-10-12(16(19)20)7-8-14(15)17/h4-10H,3,17H2,1-2H3,(H,19,20). The molecule has 0 saturated carbocycles. The third-order valence-electron chi connectivity index (χ3n) is 3.20. The normalized spacial score (nSPS) is 10.3. The lowest BCUT2D eigenvalue weighted by Crippen LogP contribution is -2.18. The first-order chi connectivity index (χ1) is 9.52. The zero-order valence-corrected chi connectivity index (χ0v) is 11.6. The molecule has 0 bridgehead atoms. The highest BCUT2D eigenvalue weighted by Crippen LogP contribution is 2.31. The third-order valence-corrected chi connectivity index (χ3v) is 3.20. The highest BCUT2D eigenvalue weighted by molar-refractivity contribution is 5.91. The van der Waals surface area contributed by atoms with Gasteiger partial charge in [-0.2, -0.15) is 0 Å². The molecule has 20 heavy (non-hydrogen) atoms. The zero-order chi connectivity index (χ0) is 14.7. The second-order valence-electron chi connectivity index (χ2n) is 4.66. The maximum absolute atomic E-state index is 11.1. The van der Waals surface area contributed by atoms with Crippen molar-refractivity contribution in [3.63, 3.8) is 0 Å². The Morgan fingerprint density at radius 2 is 2.00 bits per heavy atom. The Labute approximate surface area is 118 Å². The second kappa shape index (κ2) is 5.65. The van der Waals surface area contributed by atoms with Gasteiger partial charge in [-0.15, -0.1) is 0 Å². The predicted octanol–water partition coefficient (Wildman–Crippen LogP) is 3.43. The molecule has 104 valence electrons. The van der Waals surface area contributed by atoms with Crippen LogP contribution < -0.4 is 10.6 Å². The maximum atomic E-state index is 11.1. The fraction of sp³-hybridized carbons (Fsp3) is 0.188. The van der Waals surface area contributed by atoms with E-state index in [2.05, 4.69) is 6.07 Å². The molecular weight excluding hydrogens is 252 g/mol. The summed E-state index contributed by atoms with van der Waals surface area (Å²) in [6.45, 7) is 4.74. The lowest BCUT2D eigenvalue weighted by molar-refractivity contribution is 0.0697. The molecule has 0 amide bonds.